The van der Waals surface area contributed by atoms with E-state index in [9.17, 15) is 9.59 Å². The van der Waals surface area contributed by atoms with Crippen molar-refractivity contribution in [2.24, 2.45) is 0 Å². The number of amides is 1. The van der Waals surface area contributed by atoms with Crippen molar-refractivity contribution in [2.45, 2.75) is 32.1 Å². The summed E-state index contributed by atoms with van der Waals surface area (Å²) in [4.78, 5) is 26.4. The molecule has 0 bridgehead atoms. The first-order valence-electron chi connectivity index (χ1n) is 6.32. The summed E-state index contributed by atoms with van der Waals surface area (Å²) < 4.78 is 0. The Labute approximate surface area is 111 Å². The number of anilines is 1. The van der Waals surface area contributed by atoms with Gasteiger partial charge >= 0.3 is 5.97 Å². The van der Waals surface area contributed by atoms with E-state index in [0.29, 0.717) is 12.2 Å². The second-order valence-electron chi connectivity index (χ2n) is 4.57. The first-order valence-corrected chi connectivity index (χ1v) is 6.32. The highest BCUT2D eigenvalue weighted by Gasteiger charge is 2.10. The van der Waals surface area contributed by atoms with Gasteiger partial charge in [0.2, 0.25) is 5.91 Å². The highest BCUT2D eigenvalue weighted by atomic mass is 16.4. The van der Waals surface area contributed by atoms with Crippen LogP contribution in [0.4, 0.5) is 5.82 Å². The lowest BCUT2D eigenvalue weighted by atomic mass is 9.97. The van der Waals surface area contributed by atoms with E-state index in [0.717, 1.165) is 19.3 Å². The number of hydrogen-bond donors (Lipinski definition) is 2. The van der Waals surface area contributed by atoms with Gasteiger partial charge in [-0.25, -0.2) is 9.78 Å². The summed E-state index contributed by atoms with van der Waals surface area (Å²) in [6.07, 6.45) is 8.13. The molecule has 0 spiro atoms. The zero-order valence-electron chi connectivity index (χ0n) is 10.6. The topological polar surface area (TPSA) is 79.3 Å². The van der Waals surface area contributed by atoms with Crippen molar-refractivity contribution < 1.29 is 14.7 Å². The third-order valence-corrected chi connectivity index (χ3v) is 3.05. The molecule has 100 valence electrons. The van der Waals surface area contributed by atoms with Crippen LogP contribution in [0.2, 0.25) is 0 Å². The fraction of sp³-hybridized carbons (Fsp3) is 0.357. The summed E-state index contributed by atoms with van der Waals surface area (Å²) in [5, 5.41) is 11.4. The lowest BCUT2D eigenvalue weighted by molar-refractivity contribution is -0.115. The maximum Gasteiger partial charge on any atom is 0.337 e. The molecule has 1 aromatic rings. The predicted octanol–water partition coefficient (Wildman–Crippen LogP) is 2.61. The number of allylic oxidation sites excluding steroid dienone is 1. The molecular weight excluding hydrogens is 244 g/mol. The van der Waals surface area contributed by atoms with Gasteiger partial charge in [-0.15, -0.1) is 0 Å². The Hall–Kier alpha value is -2.17. The molecule has 5 nitrogen and oxygen atoms in total. The number of nitrogens with zero attached hydrogens (tertiary/aromatic N) is 1. The van der Waals surface area contributed by atoms with E-state index in [1.807, 2.05) is 0 Å². The zero-order chi connectivity index (χ0) is 13.7. The van der Waals surface area contributed by atoms with Gasteiger partial charge in [-0.1, -0.05) is 11.6 Å². The Morgan fingerprint density at radius 2 is 2.16 bits per heavy atom. The molecule has 2 rings (SSSR count). The molecule has 0 saturated heterocycles. The normalized spacial score (nSPS) is 14.6. The number of rotatable bonds is 4. The van der Waals surface area contributed by atoms with Crippen molar-refractivity contribution in [2.75, 3.05) is 5.32 Å². The summed E-state index contributed by atoms with van der Waals surface area (Å²) >= 11 is 0. The van der Waals surface area contributed by atoms with Gasteiger partial charge in [0.15, 0.2) is 0 Å². The van der Waals surface area contributed by atoms with Crippen molar-refractivity contribution in [1.82, 2.24) is 4.98 Å². The number of carboxylic acids is 1. The van der Waals surface area contributed by atoms with E-state index < -0.39 is 5.97 Å². The Balaban J connectivity index is 1.91. The highest BCUT2D eigenvalue weighted by Crippen LogP contribution is 2.20. The van der Waals surface area contributed by atoms with Crippen LogP contribution in [0.25, 0.3) is 0 Å². The van der Waals surface area contributed by atoms with Gasteiger partial charge in [-0.05, 0) is 37.8 Å². The van der Waals surface area contributed by atoms with Crippen LogP contribution in [-0.2, 0) is 4.79 Å². The average Bonchev–Trinajstić information content (AvgIpc) is 2.40. The molecular formula is C14H16N2O3. The third-order valence-electron chi connectivity index (χ3n) is 3.05. The second kappa shape index (κ2) is 6.13. The predicted molar refractivity (Wildman–Crippen MR) is 71.0 cm³/mol. The number of nitrogens with one attached hydrogen (secondary N) is 1. The average molecular weight is 260 g/mol. The fourth-order valence-electron chi connectivity index (χ4n) is 2.05. The van der Waals surface area contributed by atoms with Gasteiger partial charge in [0.1, 0.15) is 5.82 Å². The minimum Gasteiger partial charge on any atom is -0.478 e. The van der Waals surface area contributed by atoms with Crippen molar-refractivity contribution in [3.63, 3.8) is 0 Å². The molecule has 0 saturated carbocycles. The largest absolute Gasteiger partial charge is 0.478 e. The van der Waals surface area contributed by atoms with E-state index in [4.69, 9.17) is 5.11 Å². The van der Waals surface area contributed by atoms with Gasteiger partial charge in [-0.3, -0.25) is 4.79 Å². The van der Waals surface area contributed by atoms with Crippen molar-refractivity contribution >= 4 is 17.7 Å². The van der Waals surface area contributed by atoms with Gasteiger partial charge in [0.05, 0.1) is 5.56 Å². The minimum atomic E-state index is -1.03. The van der Waals surface area contributed by atoms with E-state index in [1.165, 1.54) is 30.3 Å². The molecule has 5 heteroatoms. The summed E-state index contributed by atoms with van der Waals surface area (Å²) in [6, 6.07) is 2.92. The molecule has 0 unspecified atom stereocenters. The summed E-state index contributed by atoms with van der Waals surface area (Å²) in [6.45, 7) is 0. The Bertz CT molecular complexity index is 506. The third kappa shape index (κ3) is 3.91. The highest BCUT2D eigenvalue weighted by molar-refractivity contribution is 5.92. The van der Waals surface area contributed by atoms with Crippen LogP contribution < -0.4 is 5.32 Å². The maximum atomic E-state index is 11.8. The smallest absolute Gasteiger partial charge is 0.337 e. The number of carbonyl (C=O) groups is 2. The van der Waals surface area contributed by atoms with Crippen LogP contribution in [0.15, 0.2) is 30.0 Å². The number of carbonyl (C=O) groups excluding carboxylic acids is 1. The lowest BCUT2D eigenvalue weighted by Gasteiger charge is -2.12. The van der Waals surface area contributed by atoms with Crippen LogP contribution in [0.1, 0.15) is 42.5 Å². The SMILES string of the molecule is O=C(CC1=CCCCC1)Nc1ccc(C(=O)O)cn1. The van der Waals surface area contributed by atoms with Crippen molar-refractivity contribution in [3.8, 4) is 0 Å². The summed E-state index contributed by atoms with van der Waals surface area (Å²) in [5.41, 5.74) is 1.28. The van der Waals surface area contributed by atoms with Crippen molar-refractivity contribution in [3.05, 3.63) is 35.5 Å². The Kier molecular flexibility index (Phi) is 4.28. The van der Waals surface area contributed by atoms with Gasteiger partial charge in [-0.2, -0.15) is 0 Å². The van der Waals surface area contributed by atoms with E-state index in [1.54, 1.807) is 0 Å². The number of hydrogen-bond acceptors (Lipinski definition) is 3. The molecule has 0 aliphatic heterocycles. The van der Waals surface area contributed by atoms with Crippen molar-refractivity contribution in [1.29, 1.82) is 0 Å². The number of carboxylic acid groups (broad SMARTS) is 1. The summed E-state index contributed by atoms with van der Waals surface area (Å²) in [5.74, 6) is -0.757. The first-order chi connectivity index (χ1) is 9.15. The number of pyridine rings is 1. The van der Waals surface area contributed by atoms with Gasteiger partial charge < -0.3 is 10.4 Å². The van der Waals surface area contributed by atoms with E-state index in [-0.39, 0.29) is 11.5 Å². The molecule has 19 heavy (non-hydrogen) atoms. The monoisotopic (exact) mass is 260 g/mol. The second-order valence-corrected chi connectivity index (χ2v) is 4.57. The standard InChI is InChI=1S/C14H16N2O3/c17-13(8-10-4-2-1-3-5-10)16-12-7-6-11(9-15-12)14(18)19/h4,6-7,9H,1-3,5,8H2,(H,18,19)(H,15,16,17). The minimum absolute atomic E-state index is 0.105. The molecule has 0 atom stereocenters. The Morgan fingerprint density at radius 3 is 2.74 bits per heavy atom. The number of aromatic carboxylic acids is 1. The Morgan fingerprint density at radius 1 is 1.32 bits per heavy atom. The van der Waals surface area contributed by atoms with Gasteiger partial charge in [0.25, 0.3) is 0 Å². The molecule has 2 N–H and O–H groups in total. The quantitative estimate of drug-likeness (QED) is 0.815. The van der Waals surface area contributed by atoms with Gasteiger partial charge in [0, 0.05) is 12.6 Å². The molecule has 1 heterocycles. The van der Waals surface area contributed by atoms with E-state index >= 15 is 0 Å². The molecule has 0 aromatic carbocycles. The fourth-order valence-corrected chi connectivity index (χ4v) is 2.05. The molecule has 1 aliphatic rings. The lowest BCUT2D eigenvalue weighted by Crippen LogP contribution is -2.14. The van der Waals surface area contributed by atoms with Crippen LogP contribution >= 0.6 is 0 Å². The molecule has 1 amide bonds. The van der Waals surface area contributed by atoms with Crippen LogP contribution in [0, 0.1) is 0 Å². The molecule has 0 radical (unpaired) electrons. The maximum absolute atomic E-state index is 11.8. The zero-order valence-corrected chi connectivity index (χ0v) is 10.6. The number of aromatic nitrogens is 1. The molecule has 1 aliphatic carbocycles. The first kappa shape index (κ1) is 13.3. The summed E-state index contributed by atoms with van der Waals surface area (Å²) in [7, 11) is 0. The van der Waals surface area contributed by atoms with Crippen LogP contribution in [0.5, 0.6) is 0 Å². The molecule has 1 aromatic heterocycles. The van der Waals surface area contributed by atoms with Crippen LogP contribution in [-0.4, -0.2) is 22.0 Å². The van der Waals surface area contributed by atoms with Crippen LogP contribution in [0.3, 0.4) is 0 Å². The molecule has 0 fully saturated rings. The van der Waals surface area contributed by atoms with E-state index in [2.05, 4.69) is 16.4 Å².